The minimum Gasteiger partial charge on any atom is -0.507 e. The predicted molar refractivity (Wildman–Crippen MR) is 150 cm³/mol. The summed E-state index contributed by atoms with van der Waals surface area (Å²) in [5, 5.41) is 15.5. The van der Waals surface area contributed by atoms with Crippen LogP contribution in [0, 0.1) is 6.92 Å². The number of aliphatic imine (C=N–C) groups is 1. The molecule has 0 saturated heterocycles. The van der Waals surface area contributed by atoms with E-state index in [1.807, 2.05) is 55.5 Å². The second-order valence-corrected chi connectivity index (χ2v) is 10.2. The molecule has 3 heteroatoms. The van der Waals surface area contributed by atoms with E-state index in [1.165, 1.54) is 0 Å². The number of anilines is 1. The molecule has 0 heterocycles. The molecule has 0 saturated carbocycles. The summed E-state index contributed by atoms with van der Waals surface area (Å²) < 4.78 is 0. The monoisotopic (exact) mass is 458 g/mol. The average molecular weight is 459 g/mol. The Balaban J connectivity index is 1.77. The Morgan fingerprint density at radius 3 is 2.03 bits per heavy atom. The number of fused-ring (bicyclic) bond motifs is 2. The number of phenolic OH excluding ortho intramolecular Hbond substituents is 1. The van der Waals surface area contributed by atoms with Crippen molar-refractivity contribution in [2.45, 2.75) is 33.1 Å². The van der Waals surface area contributed by atoms with Crippen LogP contribution in [0.15, 0.2) is 89.9 Å². The quantitative estimate of drug-likeness (QED) is 0.211. The summed E-state index contributed by atoms with van der Waals surface area (Å²) in [7, 11) is 0. The van der Waals surface area contributed by atoms with Crippen molar-refractivity contribution >= 4 is 39.1 Å². The van der Waals surface area contributed by atoms with Crippen molar-refractivity contribution in [2.75, 3.05) is 5.73 Å². The van der Waals surface area contributed by atoms with Gasteiger partial charge in [0.25, 0.3) is 0 Å². The van der Waals surface area contributed by atoms with Gasteiger partial charge in [-0.2, -0.15) is 0 Å². The Labute approximate surface area is 206 Å². The van der Waals surface area contributed by atoms with Crippen LogP contribution in [0.25, 0.3) is 32.7 Å². The summed E-state index contributed by atoms with van der Waals surface area (Å²) in [6.45, 7) is 8.36. The van der Waals surface area contributed by atoms with Crippen LogP contribution in [-0.4, -0.2) is 11.3 Å². The molecule has 35 heavy (non-hydrogen) atoms. The number of nitrogens with zero attached hydrogens (tertiary/aromatic N) is 1. The zero-order valence-corrected chi connectivity index (χ0v) is 20.6. The fourth-order valence-corrected chi connectivity index (χ4v) is 4.81. The fourth-order valence-electron chi connectivity index (χ4n) is 4.81. The maximum absolute atomic E-state index is 11.1. The Bertz CT molecular complexity index is 1610. The van der Waals surface area contributed by atoms with E-state index in [2.05, 4.69) is 57.2 Å². The van der Waals surface area contributed by atoms with E-state index in [9.17, 15) is 5.11 Å². The Kier molecular flexibility index (Phi) is 5.56. The highest BCUT2D eigenvalue weighted by atomic mass is 16.3. The summed E-state index contributed by atoms with van der Waals surface area (Å²) >= 11 is 0. The molecule has 0 amide bonds. The number of hydrogen-bond acceptors (Lipinski definition) is 3. The summed E-state index contributed by atoms with van der Waals surface area (Å²) in [6, 6.07) is 28.8. The smallest absolute Gasteiger partial charge is 0.128 e. The van der Waals surface area contributed by atoms with E-state index in [0.717, 1.165) is 49.5 Å². The molecule has 3 nitrogen and oxygen atoms in total. The number of aromatic hydroxyl groups is 1. The van der Waals surface area contributed by atoms with Gasteiger partial charge in [0.15, 0.2) is 0 Å². The number of rotatable bonds is 3. The van der Waals surface area contributed by atoms with Crippen LogP contribution < -0.4 is 5.73 Å². The molecule has 5 aromatic rings. The van der Waals surface area contributed by atoms with E-state index in [0.29, 0.717) is 11.3 Å². The minimum absolute atomic E-state index is 0.176. The maximum atomic E-state index is 11.1. The van der Waals surface area contributed by atoms with Crippen molar-refractivity contribution in [3.05, 3.63) is 102 Å². The van der Waals surface area contributed by atoms with E-state index in [4.69, 9.17) is 10.7 Å². The van der Waals surface area contributed by atoms with Gasteiger partial charge in [-0.25, -0.2) is 0 Å². The molecule has 3 N–H and O–H groups in total. The lowest BCUT2D eigenvalue weighted by atomic mass is 9.84. The number of benzene rings is 5. The number of nitrogen functional groups attached to an aromatic ring is 1. The van der Waals surface area contributed by atoms with Crippen molar-refractivity contribution in [3.8, 4) is 16.9 Å². The SMILES string of the molecule is Cc1cc(C=Nc2ccc3ccccc3c2-c2c(N)ccc3ccccc23)c(O)c(C(C)(C)C)c1. The van der Waals surface area contributed by atoms with Gasteiger partial charge in [0, 0.05) is 34.2 Å². The van der Waals surface area contributed by atoms with Crippen LogP contribution in [0.1, 0.15) is 37.5 Å². The number of phenols is 1. The van der Waals surface area contributed by atoms with Gasteiger partial charge in [-0.1, -0.05) is 87.5 Å². The van der Waals surface area contributed by atoms with Gasteiger partial charge >= 0.3 is 0 Å². The molecule has 0 aliphatic carbocycles. The highest BCUT2D eigenvalue weighted by Crippen LogP contribution is 2.44. The van der Waals surface area contributed by atoms with E-state index >= 15 is 0 Å². The highest BCUT2D eigenvalue weighted by molar-refractivity contribution is 6.13. The fraction of sp³-hybridized carbons (Fsp3) is 0.156. The predicted octanol–water partition coefficient (Wildman–Crippen LogP) is 8.30. The number of nitrogens with two attached hydrogens (primary N) is 1. The molecule has 0 bridgehead atoms. The molecule has 0 aliphatic rings. The molecule has 174 valence electrons. The summed E-state index contributed by atoms with van der Waals surface area (Å²) in [4.78, 5) is 4.94. The third kappa shape index (κ3) is 4.15. The topological polar surface area (TPSA) is 58.6 Å². The van der Waals surface area contributed by atoms with Crippen molar-refractivity contribution in [1.82, 2.24) is 0 Å². The van der Waals surface area contributed by atoms with Gasteiger partial charge in [0.05, 0.1) is 5.69 Å². The molecular weight excluding hydrogens is 428 g/mol. The van der Waals surface area contributed by atoms with Crippen molar-refractivity contribution in [1.29, 1.82) is 0 Å². The van der Waals surface area contributed by atoms with E-state index < -0.39 is 0 Å². The first-order valence-corrected chi connectivity index (χ1v) is 11.9. The summed E-state index contributed by atoms with van der Waals surface area (Å²) in [5.41, 5.74) is 12.6. The van der Waals surface area contributed by atoms with Crippen LogP contribution >= 0.6 is 0 Å². The molecule has 5 aromatic carbocycles. The normalized spacial score (nSPS) is 12.1. The Hall–Kier alpha value is -4.11. The van der Waals surface area contributed by atoms with Gasteiger partial charge in [-0.15, -0.1) is 0 Å². The number of aryl methyl sites for hydroxylation is 1. The molecule has 0 aliphatic heterocycles. The molecule has 0 atom stereocenters. The molecule has 0 unspecified atom stereocenters. The molecule has 0 fully saturated rings. The van der Waals surface area contributed by atoms with Crippen LogP contribution in [0.3, 0.4) is 0 Å². The molecule has 0 spiro atoms. The third-order valence-corrected chi connectivity index (χ3v) is 6.55. The van der Waals surface area contributed by atoms with Crippen molar-refractivity contribution < 1.29 is 5.11 Å². The van der Waals surface area contributed by atoms with Crippen LogP contribution in [0.4, 0.5) is 11.4 Å². The maximum Gasteiger partial charge on any atom is 0.128 e. The van der Waals surface area contributed by atoms with Crippen LogP contribution in [0.2, 0.25) is 0 Å². The zero-order chi connectivity index (χ0) is 24.7. The second kappa shape index (κ2) is 8.59. The molecular formula is C32H30N2O. The Morgan fingerprint density at radius 1 is 0.771 bits per heavy atom. The van der Waals surface area contributed by atoms with Gasteiger partial charge in [-0.3, -0.25) is 4.99 Å². The lowest BCUT2D eigenvalue weighted by molar-refractivity contribution is 0.445. The van der Waals surface area contributed by atoms with Gasteiger partial charge in [0.2, 0.25) is 0 Å². The lowest BCUT2D eigenvalue weighted by Crippen LogP contribution is -2.12. The molecule has 5 rings (SSSR count). The molecule has 0 aromatic heterocycles. The first kappa shape index (κ1) is 22.7. The first-order valence-electron chi connectivity index (χ1n) is 11.9. The average Bonchev–Trinajstić information content (AvgIpc) is 2.83. The Morgan fingerprint density at radius 2 is 1.37 bits per heavy atom. The van der Waals surface area contributed by atoms with Gasteiger partial charge in [-0.05, 0) is 57.6 Å². The minimum atomic E-state index is -0.176. The third-order valence-electron chi connectivity index (χ3n) is 6.55. The largest absolute Gasteiger partial charge is 0.507 e. The summed E-state index contributed by atoms with van der Waals surface area (Å²) in [5.74, 6) is 0.277. The van der Waals surface area contributed by atoms with E-state index in [-0.39, 0.29) is 11.2 Å². The number of hydrogen-bond donors (Lipinski definition) is 2. The highest BCUT2D eigenvalue weighted by Gasteiger charge is 2.21. The molecule has 0 radical (unpaired) electrons. The summed E-state index contributed by atoms with van der Waals surface area (Å²) in [6.07, 6.45) is 1.77. The standard InChI is InChI=1S/C32H30N2O/c1-20-17-23(31(35)26(18-20)32(2,3)4)19-34-28-16-14-22-10-6-8-12-25(22)30(28)29-24-11-7-5-9-21(24)13-15-27(29)33/h5-19,35H,33H2,1-4H3. The first-order chi connectivity index (χ1) is 16.7. The van der Waals surface area contributed by atoms with Crippen molar-refractivity contribution in [3.63, 3.8) is 0 Å². The zero-order valence-electron chi connectivity index (χ0n) is 20.6. The van der Waals surface area contributed by atoms with Crippen molar-refractivity contribution in [2.24, 2.45) is 4.99 Å². The van der Waals surface area contributed by atoms with E-state index in [1.54, 1.807) is 6.21 Å². The van der Waals surface area contributed by atoms with Gasteiger partial charge in [0.1, 0.15) is 5.75 Å². The van der Waals surface area contributed by atoms with Crippen LogP contribution in [-0.2, 0) is 5.41 Å². The second-order valence-electron chi connectivity index (χ2n) is 10.2. The lowest BCUT2D eigenvalue weighted by Gasteiger charge is -2.22. The van der Waals surface area contributed by atoms with Crippen LogP contribution in [0.5, 0.6) is 5.75 Å². The van der Waals surface area contributed by atoms with Gasteiger partial charge < -0.3 is 10.8 Å².